The van der Waals surface area contributed by atoms with E-state index in [1.54, 1.807) is 0 Å². The molecule has 5 nitrogen and oxygen atoms in total. The molecule has 5 heteroatoms. The number of nitrogens with zero attached hydrogens (tertiary/aromatic N) is 2. The van der Waals surface area contributed by atoms with E-state index >= 15 is 0 Å². The Morgan fingerprint density at radius 3 is 2.79 bits per heavy atom. The van der Waals surface area contributed by atoms with Gasteiger partial charge in [-0.2, -0.15) is 0 Å². The van der Waals surface area contributed by atoms with Gasteiger partial charge in [0.1, 0.15) is 11.5 Å². The van der Waals surface area contributed by atoms with E-state index in [4.69, 9.17) is 5.73 Å². The molecule has 19 heavy (non-hydrogen) atoms. The number of Topliss-reactive ketones (excluding diaryl/α,β-unsaturated/α-hetero) is 1. The molecule has 2 heterocycles. The summed E-state index contributed by atoms with van der Waals surface area (Å²) >= 11 is 0. The maximum atomic E-state index is 12.1. The van der Waals surface area contributed by atoms with Crippen molar-refractivity contribution in [3.05, 3.63) is 53.1 Å². The first-order chi connectivity index (χ1) is 9.26. The van der Waals surface area contributed by atoms with Gasteiger partial charge in [-0.3, -0.25) is 9.69 Å². The number of ketones is 1. The van der Waals surface area contributed by atoms with Crippen molar-refractivity contribution in [2.45, 2.75) is 19.6 Å². The first-order valence-electron chi connectivity index (χ1n) is 6.33. The molecule has 0 fully saturated rings. The van der Waals surface area contributed by atoms with Gasteiger partial charge in [0.05, 0.1) is 18.8 Å². The molecule has 0 amide bonds. The van der Waals surface area contributed by atoms with Gasteiger partial charge in [0.2, 0.25) is 0 Å². The number of benzene rings is 1. The number of nitrogens with one attached hydrogen (secondary N) is 1. The molecule has 3 N–H and O–H groups in total. The number of rotatable bonds is 3. The molecule has 3 rings (SSSR count). The van der Waals surface area contributed by atoms with Gasteiger partial charge in [-0.25, -0.2) is 4.98 Å². The number of hydrogen-bond acceptors (Lipinski definition) is 4. The Morgan fingerprint density at radius 1 is 1.26 bits per heavy atom. The van der Waals surface area contributed by atoms with E-state index < -0.39 is 0 Å². The Labute approximate surface area is 111 Å². The second-order valence-electron chi connectivity index (χ2n) is 4.77. The average Bonchev–Trinajstić information content (AvgIpc) is 2.83. The van der Waals surface area contributed by atoms with Crippen molar-refractivity contribution in [1.82, 2.24) is 14.9 Å². The minimum atomic E-state index is 0.0631. The largest absolute Gasteiger partial charge is 0.343 e. The predicted octanol–water partition coefficient (Wildman–Crippen LogP) is 1.07. The average molecular weight is 256 g/mol. The summed E-state index contributed by atoms with van der Waals surface area (Å²) in [6, 6.07) is 10.1. The number of carbonyl (C=O) groups is 1. The minimum absolute atomic E-state index is 0.0631. The standard InChI is InChI=1S/C14H16N4O/c15-6-13-16-11-8-18(9-12(19)14(11)17-13)7-10-4-2-1-3-5-10/h1-5H,6-9,15H2,(H,16,17). The van der Waals surface area contributed by atoms with Crippen LogP contribution in [0.3, 0.4) is 0 Å². The maximum Gasteiger partial charge on any atom is 0.197 e. The minimum Gasteiger partial charge on any atom is -0.343 e. The number of hydrogen-bond donors (Lipinski definition) is 2. The van der Waals surface area contributed by atoms with E-state index in [1.807, 2.05) is 18.2 Å². The summed E-state index contributed by atoms with van der Waals surface area (Å²) in [7, 11) is 0. The molecular formula is C14H16N4O. The SMILES string of the molecule is NCc1nc2c([nH]1)CN(Cc1ccccc1)CC2=O. The lowest BCUT2D eigenvalue weighted by Gasteiger charge is -2.24. The van der Waals surface area contributed by atoms with Crippen LogP contribution in [-0.2, 0) is 19.6 Å². The molecule has 98 valence electrons. The lowest BCUT2D eigenvalue weighted by Crippen LogP contribution is -2.34. The highest BCUT2D eigenvalue weighted by atomic mass is 16.1. The Kier molecular flexibility index (Phi) is 3.15. The molecule has 0 aliphatic carbocycles. The number of carbonyl (C=O) groups excluding carboxylic acids is 1. The van der Waals surface area contributed by atoms with Crippen LogP contribution in [0.15, 0.2) is 30.3 Å². The monoisotopic (exact) mass is 256 g/mol. The van der Waals surface area contributed by atoms with Crippen LogP contribution < -0.4 is 5.73 Å². The highest BCUT2D eigenvalue weighted by Crippen LogP contribution is 2.18. The lowest BCUT2D eigenvalue weighted by atomic mass is 10.1. The van der Waals surface area contributed by atoms with Crippen molar-refractivity contribution in [3.63, 3.8) is 0 Å². The van der Waals surface area contributed by atoms with Crippen LogP contribution in [0.25, 0.3) is 0 Å². The number of imidazole rings is 1. The van der Waals surface area contributed by atoms with Gasteiger partial charge in [-0.05, 0) is 5.56 Å². The summed E-state index contributed by atoms with van der Waals surface area (Å²) < 4.78 is 0. The topological polar surface area (TPSA) is 75.0 Å². The molecule has 0 atom stereocenters. The molecule has 2 aromatic rings. The first kappa shape index (κ1) is 12.1. The van der Waals surface area contributed by atoms with E-state index in [9.17, 15) is 4.79 Å². The van der Waals surface area contributed by atoms with Crippen molar-refractivity contribution in [1.29, 1.82) is 0 Å². The second-order valence-corrected chi connectivity index (χ2v) is 4.77. The summed E-state index contributed by atoms with van der Waals surface area (Å²) in [5.74, 6) is 0.744. The summed E-state index contributed by atoms with van der Waals surface area (Å²) in [5.41, 5.74) is 8.19. The molecule has 0 spiro atoms. The van der Waals surface area contributed by atoms with Gasteiger partial charge in [-0.1, -0.05) is 30.3 Å². The zero-order chi connectivity index (χ0) is 13.2. The van der Waals surface area contributed by atoms with Crippen molar-refractivity contribution in [2.24, 2.45) is 5.73 Å². The molecule has 1 aromatic heterocycles. The Balaban J connectivity index is 1.79. The molecule has 1 aliphatic rings. The highest BCUT2D eigenvalue weighted by molar-refractivity contribution is 5.97. The normalized spacial score (nSPS) is 15.5. The van der Waals surface area contributed by atoms with Crippen LogP contribution in [0.5, 0.6) is 0 Å². The molecule has 0 radical (unpaired) electrons. The van der Waals surface area contributed by atoms with Gasteiger partial charge in [0.15, 0.2) is 5.78 Å². The lowest BCUT2D eigenvalue weighted by molar-refractivity contribution is 0.0888. The molecule has 0 saturated carbocycles. The molecule has 0 unspecified atom stereocenters. The van der Waals surface area contributed by atoms with Crippen molar-refractivity contribution < 1.29 is 4.79 Å². The van der Waals surface area contributed by atoms with Gasteiger partial charge in [0.25, 0.3) is 0 Å². The zero-order valence-electron chi connectivity index (χ0n) is 10.6. The van der Waals surface area contributed by atoms with E-state index in [0.717, 1.165) is 12.2 Å². The summed E-state index contributed by atoms with van der Waals surface area (Å²) in [5, 5.41) is 0. The van der Waals surface area contributed by atoms with Gasteiger partial charge >= 0.3 is 0 Å². The molecular weight excluding hydrogens is 240 g/mol. The van der Waals surface area contributed by atoms with Crippen LogP contribution in [0.2, 0.25) is 0 Å². The fourth-order valence-electron chi connectivity index (χ4n) is 2.42. The maximum absolute atomic E-state index is 12.1. The van der Waals surface area contributed by atoms with E-state index in [-0.39, 0.29) is 5.78 Å². The Bertz CT molecular complexity index is 591. The smallest absolute Gasteiger partial charge is 0.197 e. The van der Waals surface area contributed by atoms with Crippen molar-refractivity contribution in [2.75, 3.05) is 6.54 Å². The fourth-order valence-corrected chi connectivity index (χ4v) is 2.42. The Morgan fingerprint density at radius 2 is 2.05 bits per heavy atom. The van der Waals surface area contributed by atoms with Crippen LogP contribution in [-0.4, -0.2) is 27.2 Å². The highest BCUT2D eigenvalue weighted by Gasteiger charge is 2.26. The van der Waals surface area contributed by atoms with E-state index in [0.29, 0.717) is 31.2 Å². The fraction of sp³-hybridized carbons (Fsp3) is 0.286. The predicted molar refractivity (Wildman–Crippen MR) is 71.4 cm³/mol. The summed E-state index contributed by atoms with van der Waals surface area (Å²) in [6.45, 7) is 2.22. The number of aromatic amines is 1. The summed E-state index contributed by atoms with van der Waals surface area (Å²) in [6.07, 6.45) is 0. The van der Waals surface area contributed by atoms with Crippen molar-refractivity contribution in [3.8, 4) is 0 Å². The van der Waals surface area contributed by atoms with E-state index in [1.165, 1.54) is 5.56 Å². The number of nitrogens with two attached hydrogens (primary N) is 1. The second kappa shape index (κ2) is 4.95. The third-order valence-electron chi connectivity index (χ3n) is 3.28. The molecule has 1 aliphatic heterocycles. The molecule has 0 saturated heterocycles. The molecule has 1 aromatic carbocycles. The third kappa shape index (κ3) is 2.43. The third-order valence-corrected chi connectivity index (χ3v) is 3.28. The molecule has 0 bridgehead atoms. The first-order valence-corrected chi connectivity index (χ1v) is 6.33. The van der Waals surface area contributed by atoms with Gasteiger partial charge < -0.3 is 10.7 Å². The van der Waals surface area contributed by atoms with Crippen LogP contribution in [0, 0.1) is 0 Å². The van der Waals surface area contributed by atoms with Gasteiger partial charge in [-0.15, -0.1) is 0 Å². The zero-order valence-corrected chi connectivity index (χ0v) is 10.6. The van der Waals surface area contributed by atoms with Crippen molar-refractivity contribution >= 4 is 5.78 Å². The van der Waals surface area contributed by atoms with Gasteiger partial charge in [0, 0.05) is 13.1 Å². The number of H-pyrrole nitrogens is 1. The summed E-state index contributed by atoms with van der Waals surface area (Å²) in [4.78, 5) is 21.5. The number of aromatic nitrogens is 2. The Hall–Kier alpha value is -1.98. The number of fused-ring (bicyclic) bond motifs is 1. The van der Waals surface area contributed by atoms with Crippen LogP contribution in [0.1, 0.15) is 27.6 Å². The van der Waals surface area contributed by atoms with Crippen LogP contribution >= 0.6 is 0 Å². The quantitative estimate of drug-likeness (QED) is 0.861. The van der Waals surface area contributed by atoms with Crippen LogP contribution in [0.4, 0.5) is 0 Å². The van der Waals surface area contributed by atoms with E-state index in [2.05, 4.69) is 27.0 Å².